The van der Waals surface area contributed by atoms with Crippen LogP contribution in [0, 0.1) is 6.92 Å². The van der Waals surface area contributed by atoms with Crippen LogP contribution in [0.5, 0.6) is 11.6 Å². The average molecular weight is 348 g/mol. The molecule has 1 aromatic heterocycles. The fourth-order valence-electron chi connectivity index (χ4n) is 1.33. The number of nitrogens with zero attached hydrogens (tertiary/aromatic N) is 1. The summed E-state index contributed by atoms with van der Waals surface area (Å²) in [4.78, 5) is 4.00. The quantitative estimate of drug-likeness (QED) is 0.845. The summed E-state index contributed by atoms with van der Waals surface area (Å²) >= 11 is 15.2. The van der Waals surface area contributed by atoms with E-state index in [-0.39, 0.29) is 11.7 Å². The zero-order chi connectivity index (χ0) is 13.3. The maximum absolute atomic E-state index is 5.99. The van der Waals surface area contributed by atoms with E-state index in [9.17, 15) is 0 Å². The maximum atomic E-state index is 5.99. The van der Waals surface area contributed by atoms with Gasteiger partial charge in [0.1, 0.15) is 16.6 Å². The van der Waals surface area contributed by atoms with Crippen LogP contribution in [0.4, 0.5) is 5.82 Å². The van der Waals surface area contributed by atoms with Gasteiger partial charge in [-0.1, -0.05) is 29.3 Å². The summed E-state index contributed by atoms with van der Waals surface area (Å²) in [5.41, 5.74) is 6.73. The second kappa shape index (κ2) is 5.34. The lowest BCUT2D eigenvalue weighted by molar-refractivity contribution is 0.461. The number of aryl methyl sites for hydroxylation is 1. The molecule has 0 amide bonds. The van der Waals surface area contributed by atoms with Crippen molar-refractivity contribution in [1.82, 2.24) is 4.98 Å². The minimum Gasteiger partial charge on any atom is -0.436 e. The Bertz CT molecular complexity index is 605. The van der Waals surface area contributed by atoms with E-state index >= 15 is 0 Å². The van der Waals surface area contributed by atoms with Crippen molar-refractivity contribution in [2.24, 2.45) is 0 Å². The van der Waals surface area contributed by atoms with E-state index in [2.05, 4.69) is 20.9 Å². The summed E-state index contributed by atoms with van der Waals surface area (Å²) < 4.78 is 6.42. The third-order valence-corrected chi connectivity index (χ3v) is 3.41. The Morgan fingerprint density at radius 1 is 1.22 bits per heavy atom. The number of rotatable bonds is 2. The summed E-state index contributed by atoms with van der Waals surface area (Å²) in [7, 11) is 0. The minimum absolute atomic E-state index is 0.180. The Labute approximate surface area is 123 Å². The van der Waals surface area contributed by atoms with Gasteiger partial charge in [0.25, 0.3) is 0 Å². The van der Waals surface area contributed by atoms with Gasteiger partial charge in [-0.05, 0) is 46.6 Å². The van der Waals surface area contributed by atoms with E-state index < -0.39 is 0 Å². The number of nitrogen functional groups attached to an aromatic ring is 1. The zero-order valence-electron chi connectivity index (χ0n) is 9.38. The van der Waals surface area contributed by atoms with Crippen molar-refractivity contribution in [3.8, 4) is 11.6 Å². The lowest BCUT2D eigenvalue weighted by Crippen LogP contribution is -1.96. The summed E-state index contributed by atoms with van der Waals surface area (Å²) in [6.07, 6.45) is 0. The summed E-state index contributed by atoms with van der Waals surface area (Å²) in [5, 5.41) is 0.608. The van der Waals surface area contributed by atoms with Crippen molar-refractivity contribution in [3.05, 3.63) is 44.3 Å². The standard InChI is InChI=1S/C12H9BrCl2N2O/c1-6-2-3-10(7(13)4-6)18-12-9(15)5-8(14)11(16)17-12/h2-5H,1H3,(H2,16,17). The van der Waals surface area contributed by atoms with Crippen LogP contribution in [-0.4, -0.2) is 4.98 Å². The molecular weight excluding hydrogens is 339 g/mol. The van der Waals surface area contributed by atoms with Crippen molar-refractivity contribution < 1.29 is 4.74 Å². The zero-order valence-corrected chi connectivity index (χ0v) is 12.5. The lowest BCUT2D eigenvalue weighted by atomic mass is 10.2. The van der Waals surface area contributed by atoms with Crippen LogP contribution in [0.1, 0.15) is 5.56 Å². The van der Waals surface area contributed by atoms with Gasteiger partial charge in [0.2, 0.25) is 5.88 Å². The SMILES string of the molecule is Cc1ccc(Oc2nc(N)c(Cl)cc2Cl)c(Br)c1. The van der Waals surface area contributed by atoms with Gasteiger partial charge in [0.05, 0.1) is 9.50 Å². The molecule has 2 rings (SSSR count). The van der Waals surface area contributed by atoms with Crippen molar-refractivity contribution in [2.45, 2.75) is 6.92 Å². The van der Waals surface area contributed by atoms with E-state index in [0.29, 0.717) is 15.8 Å². The normalized spacial score (nSPS) is 10.4. The van der Waals surface area contributed by atoms with Crippen LogP contribution in [0.3, 0.4) is 0 Å². The number of hydrogen-bond donors (Lipinski definition) is 1. The highest BCUT2D eigenvalue weighted by atomic mass is 79.9. The van der Waals surface area contributed by atoms with Gasteiger partial charge in [0, 0.05) is 0 Å². The number of benzene rings is 1. The lowest BCUT2D eigenvalue weighted by Gasteiger charge is -2.10. The fourth-order valence-corrected chi connectivity index (χ4v) is 2.30. The minimum atomic E-state index is 0.180. The van der Waals surface area contributed by atoms with E-state index in [0.717, 1.165) is 10.0 Å². The number of anilines is 1. The molecule has 0 spiro atoms. The number of nitrogens with two attached hydrogens (primary N) is 1. The molecule has 18 heavy (non-hydrogen) atoms. The van der Waals surface area contributed by atoms with E-state index in [4.69, 9.17) is 33.7 Å². The van der Waals surface area contributed by atoms with Gasteiger partial charge in [-0.25, -0.2) is 0 Å². The van der Waals surface area contributed by atoms with Crippen LogP contribution < -0.4 is 10.5 Å². The molecule has 0 radical (unpaired) electrons. The van der Waals surface area contributed by atoms with E-state index in [1.807, 2.05) is 25.1 Å². The molecule has 0 bridgehead atoms. The Kier molecular flexibility index (Phi) is 4.00. The van der Waals surface area contributed by atoms with Gasteiger partial charge in [-0.2, -0.15) is 4.98 Å². The fraction of sp³-hybridized carbons (Fsp3) is 0.0833. The molecule has 3 nitrogen and oxygen atoms in total. The number of ether oxygens (including phenoxy) is 1. The van der Waals surface area contributed by atoms with Crippen LogP contribution in [0.25, 0.3) is 0 Å². The van der Waals surface area contributed by atoms with Crippen molar-refractivity contribution in [1.29, 1.82) is 0 Å². The van der Waals surface area contributed by atoms with Crippen LogP contribution in [0.15, 0.2) is 28.7 Å². The molecule has 2 aromatic rings. The third-order valence-electron chi connectivity index (χ3n) is 2.22. The largest absolute Gasteiger partial charge is 0.436 e. The highest BCUT2D eigenvalue weighted by molar-refractivity contribution is 9.10. The molecule has 0 saturated carbocycles. The molecular formula is C12H9BrCl2N2O. The van der Waals surface area contributed by atoms with Gasteiger partial charge in [-0.15, -0.1) is 0 Å². The Morgan fingerprint density at radius 3 is 2.61 bits per heavy atom. The number of hydrogen-bond acceptors (Lipinski definition) is 3. The number of aromatic nitrogens is 1. The first-order chi connectivity index (χ1) is 8.47. The van der Waals surface area contributed by atoms with Crippen molar-refractivity contribution >= 4 is 44.9 Å². The topological polar surface area (TPSA) is 48.1 Å². The second-order valence-electron chi connectivity index (χ2n) is 3.68. The Balaban J connectivity index is 2.37. The third kappa shape index (κ3) is 2.88. The molecule has 0 aliphatic rings. The van der Waals surface area contributed by atoms with Gasteiger partial charge >= 0.3 is 0 Å². The summed E-state index contributed by atoms with van der Waals surface area (Å²) in [6.45, 7) is 1.99. The van der Waals surface area contributed by atoms with E-state index in [1.54, 1.807) is 0 Å². The number of halogens is 3. The van der Waals surface area contributed by atoms with Gasteiger partial charge in [-0.3, -0.25) is 0 Å². The molecule has 0 fully saturated rings. The van der Waals surface area contributed by atoms with Crippen LogP contribution in [-0.2, 0) is 0 Å². The molecule has 1 aromatic carbocycles. The van der Waals surface area contributed by atoms with Crippen molar-refractivity contribution in [2.75, 3.05) is 5.73 Å². The van der Waals surface area contributed by atoms with Crippen LogP contribution in [0.2, 0.25) is 10.0 Å². The molecule has 94 valence electrons. The predicted octanol–water partition coefficient (Wildman–Crippen LogP) is 4.83. The summed E-state index contributed by atoms with van der Waals surface area (Å²) in [5.74, 6) is 1.01. The molecule has 0 aliphatic heterocycles. The van der Waals surface area contributed by atoms with Gasteiger partial charge < -0.3 is 10.5 Å². The smallest absolute Gasteiger partial charge is 0.240 e. The molecule has 6 heteroatoms. The molecule has 0 atom stereocenters. The Morgan fingerprint density at radius 2 is 1.94 bits per heavy atom. The molecule has 0 aliphatic carbocycles. The first-order valence-electron chi connectivity index (χ1n) is 5.03. The molecule has 0 unspecified atom stereocenters. The number of pyridine rings is 1. The van der Waals surface area contributed by atoms with E-state index in [1.165, 1.54) is 6.07 Å². The predicted molar refractivity (Wildman–Crippen MR) is 77.6 cm³/mol. The Hall–Kier alpha value is -0.970. The first kappa shape index (κ1) is 13.5. The van der Waals surface area contributed by atoms with Gasteiger partial charge in [0.15, 0.2) is 0 Å². The highest BCUT2D eigenvalue weighted by Crippen LogP contribution is 2.35. The molecule has 2 N–H and O–H groups in total. The second-order valence-corrected chi connectivity index (χ2v) is 5.35. The van der Waals surface area contributed by atoms with Crippen molar-refractivity contribution in [3.63, 3.8) is 0 Å². The molecule has 0 saturated heterocycles. The average Bonchev–Trinajstić information content (AvgIpc) is 2.29. The highest BCUT2D eigenvalue weighted by Gasteiger charge is 2.11. The first-order valence-corrected chi connectivity index (χ1v) is 6.58. The molecule has 1 heterocycles. The summed E-state index contributed by atoms with van der Waals surface area (Å²) in [6, 6.07) is 7.18. The maximum Gasteiger partial charge on any atom is 0.240 e. The van der Waals surface area contributed by atoms with Crippen LogP contribution >= 0.6 is 39.1 Å². The monoisotopic (exact) mass is 346 g/mol.